The van der Waals surface area contributed by atoms with Gasteiger partial charge in [-0.25, -0.2) is 15.0 Å². The minimum Gasteiger partial charge on any atom is -0.208 e. The second-order valence-electron chi connectivity index (χ2n) is 13.1. The van der Waals surface area contributed by atoms with Gasteiger partial charge >= 0.3 is 0 Å². The van der Waals surface area contributed by atoms with E-state index in [2.05, 4.69) is 164 Å². The molecule has 2 heterocycles. The van der Waals surface area contributed by atoms with Crippen LogP contribution in [-0.2, 0) is 0 Å². The van der Waals surface area contributed by atoms with Crippen molar-refractivity contribution in [1.29, 1.82) is 0 Å². The fourth-order valence-corrected chi connectivity index (χ4v) is 9.14. The fraction of sp³-hybridized carbons (Fsp3) is 0. The molecule has 0 radical (unpaired) electrons. The van der Waals surface area contributed by atoms with Crippen LogP contribution in [0.15, 0.2) is 164 Å². The highest BCUT2D eigenvalue weighted by Gasteiger charge is 2.21. The Morgan fingerprint density at radius 2 is 0.745 bits per heavy atom. The second-order valence-corrected chi connectivity index (χ2v) is 14.2. The van der Waals surface area contributed by atoms with Crippen LogP contribution in [0.1, 0.15) is 0 Å². The van der Waals surface area contributed by atoms with Crippen LogP contribution >= 0.6 is 11.3 Å². The van der Waals surface area contributed by atoms with E-state index in [1.807, 2.05) is 11.3 Å². The molecule has 51 heavy (non-hydrogen) atoms. The van der Waals surface area contributed by atoms with Gasteiger partial charge in [0.2, 0.25) is 0 Å². The minimum absolute atomic E-state index is 0.663. The number of thiophene rings is 1. The van der Waals surface area contributed by atoms with Crippen molar-refractivity contribution < 1.29 is 0 Å². The van der Waals surface area contributed by atoms with Crippen LogP contribution in [0, 0.1) is 0 Å². The quantitative estimate of drug-likeness (QED) is 0.176. The SMILES string of the molecule is c1ccc2c(-c3nc(-c4cccc5ccccc45)nc(-c4cc5sc6ccc7ccccc7c6c5c5c4ccc4ccccc45)n3)cccc2c1. The summed E-state index contributed by atoms with van der Waals surface area (Å²) in [5.41, 5.74) is 2.98. The standard InChI is InChI=1S/C47H27N3S/c1-5-17-32-28(11-1)15-9-21-37(32)45-48-46(38-22-10-16-29-12-2-6-18-33(29)38)50-47(49-45)39-27-41-44(42-34-19-7-3-13-30(34)23-25-36(39)42)43-35-20-8-4-14-31(35)24-26-40(43)51-41/h1-27H. The predicted molar refractivity (Wildman–Crippen MR) is 217 cm³/mol. The minimum atomic E-state index is 0.663. The van der Waals surface area contributed by atoms with E-state index in [0.29, 0.717) is 17.5 Å². The fourth-order valence-electron chi connectivity index (χ4n) is 7.97. The Hall–Kier alpha value is -6.49. The van der Waals surface area contributed by atoms with Gasteiger partial charge in [-0.2, -0.15) is 0 Å². The number of nitrogens with zero attached hydrogens (tertiary/aromatic N) is 3. The van der Waals surface area contributed by atoms with Crippen LogP contribution in [0.2, 0.25) is 0 Å². The zero-order chi connectivity index (χ0) is 33.5. The molecule has 2 aromatic heterocycles. The van der Waals surface area contributed by atoms with E-state index in [0.717, 1.165) is 43.6 Å². The highest BCUT2D eigenvalue weighted by molar-refractivity contribution is 7.26. The van der Waals surface area contributed by atoms with Crippen molar-refractivity contribution in [2.45, 2.75) is 0 Å². The Morgan fingerprint density at radius 3 is 1.33 bits per heavy atom. The maximum atomic E-state index is 5.35. The number of rotatable bonds is 3. The predicted octanol–water partition coefficient (Wildman–Crippen LogP) is 13.0. The third-order valence-corrected chi connectivity index (χ3v) is 11.4. The van der Waals surface area contributed by atoms with Gasteiger partial charge in [-0.05, 0) is 66.0 Å². The summed E-state index contributed by atoms with van der Waals surface area (Å²) in [7, 11) is 0. The van der Waals surface area contributed by atoms with Crippen LogP contribution in [0.4, 0.5) is 0 Å². The lowest BCUT2D eigenvalue weighted by molar-refractivity contribution is 1.08. The number of aromatic nitrogens is 3. The molecule has 4 heteroatoms. The molecule has 0 aliphatic heterocycles. The van der Waals surface area contributed by atoms with E-state index in [-0.39, 0.29) is 0 Å². The summed E-state index contributed by atoms with van der Waals surface area (Å²) in [4.78, 5) is 15.9. The topological polar surface area (TPSA) is 38.7 Å². The van der Waals surface area contributed by atoms with Gasteiger partial charge in [0.05, 0.1) is 0 Å². The molecule has 0 bridgehead atoms. The van der Waals surface area contributed by atoms with Crippen molar-refractivity contribution in [3.63, 3.8) is 0 Å². The first kappa shape index (κ1) is 28.4. The zero-order valence-electron chi connectivity index (χ0n) is 27.3. The lowest BCUT2D eigenvalue weighted by Crippen LogP contribution is -2.01. The van der Waals surface area contributed by atoms with Crippen LogP contribution in [-0.4, -0.2) is 15.0 Å². The van der Waals surface area contributed by atoms with E-state index < -0.39 is 0 Å². The van der Waals surface area contributed by atoms with Crippen LogP contribution in [0.25, 0.3) is 108 Å². The molecule has 0 fully saturated rings. The van der Waals surface area contributed by atoms with Crippen molar-refractivity contribution in [3.8, 4) is 34.2 Å². The molecular formula is C47H27N3S. The summed E-state index contributed by atoms with van der Waals surface area (Å²) in [6, 6.07) is 58.4. The summed E-state index contributed by atoms with van der Waals surface area (Å²) < 4.78 is 2.50. The molecule has 0 unspecified atom stereocenters. The molecule has 0 saturated carbocycles. The molecule has 236 valence electrons. The van der Waals surface area contributed by atoms with E-state index >= 15 is 0 Å². The molecule has 0 N–H and O–H groups in total. The largest absolute Gasteiger partial charge is 0.208 e. The number of fused-ring (bicyclic) bond motifs is 11. The van der Waals surface area contributed by atoms with Crippen LogP contribution < -0.4 is 0 Å². The van der Waals surface area contributed by atoms with Crippen molar-refractivity contribution in [3.05, 3.63) is 164 Å². The lowest BCUT2D eigenvalue weighted by atomic mass is 9.93. The summed E-state index contributed by atoms with van der Waals surface area (Å²) in [6.07, 6.45) is 0. The maximum absolute atomic E-state index is 5.35. The summed E-state index contributed by atoms with van der Waals surface area (Å²) in [5, 5.41) is 14.5. The average Bonchev–Trinajstić information content (AvgIpc) is 3.59. The normalized spacial score (nSPS) is 11.9. The van der Waals surface area contributed by atoms with Crippen LogP contribution in [0.5, 0.6) is 0 Å². The van der Waals surface area contributed by atoms with Gasteiger partial charge in [0.15, 0.2) is 17.5 Å². The van der Waals surface area contributed by atoms with E-state index in [9.17, 15) is 0 Å². The Morgan fingerprint density at radius 1 is 0.294 bits per heavy atom. The molecule has 11 rings (SSSR count). The summed E-state index contributed by atoms with van der Waals surface area (Å²) in [6.45, 7) is 0. The third kappa shape index (κ3) is 4.33. The Kier molecular flexibility index (Phi) is 6.12. The van der Waals surface area contributed by atoms with Gasteiger partial charge < -0.3 is 0 Å². The third-order valence-electron chi connectivity index (χ3n) is 10.3. The van der Waals surface area contributed by atoms with Gasteiger partial charge in [0.1, 0.15) is 0 Å². The molecule has 3 nitrogen and oxygen atoms in total. The Labute approximate surface area is 297 Å². The molecule has 0 saturated heterocycles. The zero-order valence-corrected chi connectivity index (χ0v) is 28.2. The number of benzene rings is 9. The first-order chi connectivity index (χ1) is 25.3. The van der Waals surface area contributed by atoms with Gasteiger partial charge in [0, 0.05) is 36.9 Å². The molecule has 9 aromatic carbocycles. The number of hydrogen-bond acceptors (Lipinski definition) is 4. The van der Waals surface area contributed by atoms with E-state index in [1.54, 1.807) is 0 Å². The molecule has 0 spiro atoms. The van der Waals surface area contributed by atoms with Crippen LogP contribution in [0.3, 0.4) is 0 Å². The first-order valence-electron chi connectivity index (χ1n) is 17.2. The van der Waals surface area contributed by atoms with E-state index in [1.165, 1.54) is 47.1 Å². The summed E-state index contributed by atoms with van der Waals surface area (Å²) >= 11 is 1.84. The average molecular weight is 666 g/mol. The molecule has 11 aromatic rings. The highest BCUT2D eigenvalue weighted by Crippen LogP contribution is 2.47. The molecule has 0 aliphatic rings. The number of hydrogen-bond donors (Lipinski definition) is 0. The monoisotopic (exact) mass is 665 g/mol. The Balaban J connectivity index is 1.29. The maximum Gasteiger partial charge on any atom is 0.164 e. The van der Waals surface area contributed by atoms with Crippen molar-refractivity contribution in [2.24, 2.45) is 0 Å². The highest BCUT2D eigenvalue weighted by atomic mass is 32.1. The smallest absolute Gasteiger partial charge is 0.164 e. The van der Waals surface area contributed by atoms with Crippen molar-refractivity contribution in [1.82, 2.24) is 15.0 Å². The Bertz CT molecular complexity index is 3110. The molecule has 0 atom stereocenters. The van der Waals surface area contributed by atoms with Gasteiger partial charge in [-0.1, -0.05) is 152 Å². The van der Waals surface area contributed by atoms with Gasteiger partial charge in [-0.3, -0.25) is 0 Å². The van der Waals surface area contributed by atoms with E-state index in [4.69, 9.17) is 15.0 Å². The van der Waals surface area contributed by atoms with Crippen molar-refractivity contribution >= 4 is 85.4 Å². The van der Waals surface area contributed by atoms with Crippen molar-refractivity contribution in [2.75, 3.05) is 0 Å². The first-order valence-corrected chi connectivity index (χ1v) is 18.0. The lowest BCUT2D eigenvalue weighted by Gasteiger charge is -2.14. The summed E-state index contributed by atoms with van der Waals surface area (Å²) in [5.74, 6) is 1.99. The second kappa shape index (κ2) is 11.0. The molecule has 0 amide bonds. The van der Waals surface area contributed by atoms with Gasteiger partial charge in [-0.15, -0.1) is 11.3 Å². The molecular weight excluding hydrogens is 639 g/mol. The van der Waals surface area contributed by atoms with Gasteiger partial charge in [0.25, 0.3) is 0 Å². The molecule has 0 aliphatic carbocycles.